The predicted molar refractivity (Wildman–Crippen MR) is 86.4 cm³/mol. The molecule has 0 aliphatic carbocycles. The van der Waals surface area contributed by atoms with Crippen molar-refractivity contribution in [3.63, 3.8) is 0 Å². The predicted octanol–water partition coefficient (Wildman–Crippen LogP) is 1.68. The summed E-state index contributed by atoms with van der Waals surface area (Å²) in [6.45, 7) is 3.66. The molecule has 0 amide bonds. The fourth-order valence-electron chi connectivity index (χ4n) is 2.08. The lowest BCUT2D eigenvalue weighted by atomic mass is 10.1. The third-order valence-corrected chi connectivity index (χ3v) is 5.34. The van der Waals surface area contributed by atoms with Gasteiger partial charge in [-0.2, -0.15) is 17.4 Å². The SMILES string of the molecule is CC(C)N(C)S(=O)(=O)NC(c1ccccc1)c1nccn1C. The largest absolute Gasteiger partial charge is 0.336 e. The molecule has 22 heavy (non-hydrogen) atoms. The first kappa shape index (κ1) is 16.7. The Bertz CT molecular complexity index is 710. The summed E-state index contributed by atoms with van der Waals surface area (Å²) in [5.74, 6) is 0.645. The Labute approximate surface area is 132 Å². The fourth-order valence-corrected chi connectivity index (χ4v) is 3.34. The van der Waals surface area contributed by atoms with Crippen LogP contribution in [0.15, 0.2) is 42.7 Å². The van der Waals surface area contributed by atoms with Crippen molar-refractivity contribution in [3.8, 4) is 0 Å². The standard InChI is InChI=1S/C15H22N4O2S/c1-12(2)19(4)22(20,21)17-14(13-8-6-5-7-9-13)15-16-10-11-18(15)3/h5-12,14,17H,1-4H3. The summed E-state index contributed by atoms with van der Waals surface area (Å²) < 4.78 is 31.0. The molecule has 2 aromatic rings. The summed E-state index contributed by atoms with van der Waals surface area (Å²) in [7, 11) is -0.211. The topological polar surface area (TPSA) is 67.2 Å². The molecule has 0 saturated carbocycles. The van der Waals surface area contributed by atoms with Gasteiger partial charge in [-0.25, -0.2) is 4.98 Å². The van der Waals surface area contributed by atoms with E-state index in [1.54, 1.807) is 19.4 Å². The molecule has 6 nitrogen and oxygen atoms in total. The maximum Gasteiger partial charge on any atom is 0.280 e. The van der Waals surface area contributed by atoms with E-state index in [1.165, 1.54) is 4.31 Å². The van der Waals surface area contributed by atoms with Gasteiger partial charge in [0.1, 0.15) is 11.9 Å². The zero-order valence-corrected chi connectivity index (χ0v) is 14.1. The van der Waals surface area contributed by atoms with Gasteiger partial charge in [0.15, 0.2) is 0 Å². The van der Waals surface area contributed by atoms with Crippen LogP contribution in [0.25, 0.3) is 0 Å². The molecular weight excluding hydrogens is 300 g/mol. The average molecular weight is 322 g/mol. The molecule has 0 spiro atoms. The first-order valence-electron chi connectivity index (χ1n) is 7.10. The molecule has 1 aromatic heterocycles. The van der Waals surface area contributed by atoms with Gasteiger partial charge in [0.2, 0.25) is 0 Å². The maximum absolute atomic E-state index is 12.5. The van der Waals surface area contributed by atoms with Crippen molar-refractivity contribution in [2.45, 2.75) is 25.9 Å². The number of aryl methyl sites for hydroxylation is 1. The van der Waals surface area contributed by atoms with E-state index in [1.807, 2.05) is 55.8 Å². The normalized spacial score (nSPS) is 13.7. The summed E-state index contributed by atoms with van der Waals surface area (Å²) >= 11 is 0. The molecule has 1 aromatic carbocycles. The Hall–Kier alpha value is -1.70. The Morgan fingerprint density at radius 2 is 1.86 bits per heavy atom. The third kappa shape index (κ3) is 3.55. The molecule has 0 bridgehead atoms. The molecule has 0 aliphatic heterocycles. The van der Waals surface area contributed by atoms with Crippen LogP contribution < -0.4 is 4.72 Å². The van der Waals surface area contributed by atoms with E-state index < -0.39 is 16.3 Å². The van der Waals surface area contributed by atoms with Gasteiger partial charge in [-0.3, -0.25) is 0 Å². The van der Waals surface area contributed by atoms with Crippen molar-refractivity contribution >= 4 is 10.2 Å². The maximum atomic E-state index is 12.5. The molecule has 0 saturated heterocycles. The first-order valence-corrected chi connectivity index (χ1v) is 8.54. The molecule has 1 unspecified atom stereocenters. The third-order valence-electron chi connectivity index (χ3n) is 3.62. The highest BCUT2D eigenvalue weighted by Crippen LogP contribution is 2.22. The molecular formula is C15H22N4O2S. The van der Waals surface area contributed by atoms with E-state index in [4.69, 9.17) is 0 Å². The zero-order chi connectivity index (χ0) is 16.3. The highest BCUT2D eigenvalue weighted by atomic mass is 32.2. The highest BCUT2D eigenvalue weighted by molar-refractivity contribution is 7.87. The van der Waals surface area contributed by atoms with E-state index in [9.17, 15) is 8.42 Å². The van der Waals surface area contributed by atoms with Crippen LogP contribution in [0.3, 0.4) is 0 Å². The van der Waals surface area contributed by atoms with Gasteiger partial charge >= 0.3 is 0 Å². The number of aromatic nitrogens is 2. The molecule has 1 heterocycles. The average Bonchev–Trinajstić information content (AvgIpc) is 2.91. The monoisotopic (exact) mass is 322 g/mol. The minimum Gasteiger partial charge on any atom is -0.336 e. The van der Waals surface area contributed by atoms with Gasteiger partial charge in [0.25, 0.3) is 10.2 Å². The number of imidazole rings is 1. The number of rotatable bonds is 6. The molecule has 120 valence electrons. The van der Waals surface area contributed by atoms with Gasteiger partial charge in [-0.05, 0) is 19.4 Å². The molecule has 0 fully saturated rings. The van der Waals surface area contributed by atoms with E-state index in [0.29, 0.717) is 5.82 Å². The lowest BCUT2D eigenvalue weighted by Gasteiger charge is -2.25. The number of benzene rings is 1. The summed E-state index contributed by atoms with van der Waals surface area (Å²) in [6, 6.07) is 8.77. The van der Waals surface area contributed by atoms with Gasteiger partial charge in [0, 0.05) is 32.5 Å². The molecule has 0 radical (unpaired) electrons. The van der Waals surface area contributed by atoms with Gasteiger partial charge < -0.3 is 4.57 Å². The molecule has 2 rings (SSSR count). The van der Waals surface area contributed by atoms with E-state index in [2.05, 4.69) is 9.71 Å². The molecule has 1 N–H and O–H groups in total. The second-order valence-electron chi connectivity index (χ2n) is 5.47. The van der Waals surface area contributed by atoms with Crippen LogP contribution in [0.2, 0.25) is 0 Å². The van der Waals surface area contributed by atoms with E-state index >= 15 is 0 Å². The fraction of sp³-hybridized carbons (Fsp3) is 0.400. The van der Waals surface area contributed by atoms with Crippen molar-refractivity contribution in [1.29, 1.82) is 0 Å². The quantitative estimate of drug-likeness (QED) is 0.880. The van der Waals surface area contributed by atoms with Crippen LogP contribution in [0.5, 0.6) is 0 Å². The van der Waals surface area contributed by atoms with Crippen molar-refractivity contribution in [1.82, 2.24) is 18.6 Å². The van der Waals surface area contributed by atoms with Gasteiger partial charge in [0.05, 0.1) is 0 Å². The first-order chi connectivity index (χ1) is 10.3. The minimum atomic E-state index is -3.62. The lowest BCUT2D eigenvalue weighted by Crippen LogP contribution is -2.44. The Morgan fingerprint density at radius 1 is 1.23 bits per heavy atom. The van der Waals surface area contributed by atoms with Crippen molar-refractivity contribution in [3.05, 3.63) is 54.1 Å². The molecule has 1 atom stereocenters. The van der Waals surface area contributed by atoms with Crippen molar-refractivity contribution < 1.29 is 8.42 Å². The molecule has 7 heteroatoms. The number of hydrogen-bond donors (Lipinski definition) is 1. The van der Waals surface area contributed by atoms with Crippen LogP contribution in [0, 0.1) is 0 Å². The highest BCUT2D eigenvalue weighted by Gasteiger charge is 2.28. The van der Waals surface area contributed by atoms with E-state index in [0.717, 1.165) is 5.56 Å². The second-order valence-corrected chi connectivity index (χ2v) is 7.23. The zero-order valence-electron chi connectivity index (χ0n) is 13.3. The second kappa shape index (κ2) is 6.60. The Morgan fingerprint density at radius 3 is 2.36 bits per heavy atom. The summed E-state index contributed by atoms with van der Waals surface area (Å²) in [5, 5.41) is 0. The minimum absolute atomic E-state index is 0.129. The van der Waals surface area contributed by atoms with Crippen LogP contribution in [-0.2, 0) is 17.3 Å². The smallest absolute Gasteiger partial charge is 0.280 e. The summed E-state index contributed by atoms with van der Waals surface area (Å²) in [6.07, 6.45) is 3.46. The van der Waals surface area contributed by atoms with Gasteiger partial charge in [-0.1, -0.05) is 30.3 Å². The Kier molecular flexibility index (Phi) is 5.00. The Balaban J connectivity index is 2.41. The number of hydrogen-bond acceptors (Lipinski definition) is 3. The van der Waals surface area contributed by atoms with Crippen LogP contribution in [0.1, 0.15) is 31.3 Å². The molecule has 0 aliphatic rings. The van der Waals surface area contributed by atoms with Crippen LogP contribution >= 0.6 is 0 Å². The van der Waals surface area contributed by atoms with Crippen molar-refractivity contribution in [2.24, 2.45) is 7.05 Å². The van der Waals surface area contributed by atoms with Gasteiger partial charge in [-0.15, -0.1) is 0 Å². The van der Waals surface area contributed by atoms with E-state index in [-0.39, 0.29) is 6.04 Å². The van der Waals surface area contributed by atoms with Crippen molar-refractivity contribution in [2.75, 3.05) is 7.05 Å². The summed E-state index contributed by atoms with van der Waals surface area (Å²) in [4.78, 5) is 4.30. The summed E-state index contributed by atoms with van der Waals surface area (Å²) in [5.41, 5.74) is 0.845. The van der Waals surface area contributed by atoms with Crippen LogP contribution in [-0.4, -0.2) is 35.4 Å². The van der Waals surface area contributed by atoms with Crippen LogP contribution in [0.4, 0.5) is 0 Å². The number of nitrogens with one attached hydrogen (secondary N) is 1. The number of nitrogens with zero attached hydrogens (tertiary/aromatic N) is 3. The lowest BCUT2D eigenvalue weighted by molar-refractivity contribution is 0.398.